The van der Waals surface area contributed by atoms with Crippen molar-refractivity contribution in [1.82, 2.24) is 14.6 Å². The molecular weight excluding hydrogens is 508 g/mol. The average Bonchev–Trinajstić information content (AvgIpc) is 3.59. The normalized spacial score (nSPS) is 14.4. The fraction of sp³-hybridized carbons (Fsp3) is 0.419. The van der Waals surface area contributed by atoms with E-state index in [0.29, 0.717) is 34.0 Å². The Bertz CT molecular complexity index is 1540. The van der Waals surface area contributed by atoms with E-state index in [4.69, 9.17) is 4.74 Å². The molecule has 7 nitrogen and oxygen atoms in total. The number of hydrogen-bond acceptors (Lipinski definition) is 6. The molecule has 1 aliphatic heterocycles. The SMILES string of the molecule is CCCCCCCN1C(=O)/C(=c2\sc3nc(-c4ccc(OCCCCCC)cc4)nn3c2=O)c2ccccc21. The topological polar surface area (TPSA) is 76.8 Å². The Morgan fingerprint density at radius 1 is 0.846 bits per heavy atom. The van der Waals surface area contributed by atoms with E-state index in [-0.39, 0.29) is 11.5 Å². The number of anilines is 1. The molecule has 8 heteroatoms. The van der Waals surface area contributed by atoms with Gasteiger partial charge in [0.15, 0.2) is 5.82 Å². The summed E-state index contributed by atoms with van der Waals surface area (Å²) in [6, 6.07) is 15.4. The molecule has 2 aromatic heterocycles. The van der Waals surface area contributed by atoms with Gasteiger partial charge in [0.1, 0.15) is 10.3 Å². The molecule has 0 aliphatic carbocycles. The van der Waals surface area contributed by atoms with Crippen LogP contribution >= 0.6 is 11.3 Å². The van der Waals surface area contributed by atoms with E-state index in [1.54, 1.807) is 0 Å². The Morgan fingerprint density at radius 3 is 2.31 bits per heavy atom. The zero-order valence-electron chi connectivity index (χ0n) is 22.8. The second-order valence-electron chi connectivity index (χ2n) is 10.1. The highest BCUT2D eigenvalue weighted by Gasteiger charge is 2.33. The second-order valence-corrected chi connectivity index (χ2v) is 11.0. The summed E-state index contributed by atoms with van der Waals surface area (Å²) < 4.78 is 7.56. The van der Waals surface area contributed by atoms with Crippen molar-refractivity contribution >= 4 is 33.5 Å². The third kappa shape index (κ3) is 5.76. The van der Waals surface area contributed by atoms with Crippen LogP contribution in [0.4, 0.5) is 5.69 Å². The molecule has 204 valence electrons. The van der Waals surface area contributed by atoms with Crippen LogP contribution in [0, 0.1) is 0 Å². The predicted octanol–water partition coefficient (Wildman–Crippen LogP) is 6.01. The molecule has 0 N–H and O–H groups in total. The van der Waals surface area contributed by atoms with E-state index in [9.17, 15) is 9.59 Å². The molecule has 0 spiro atoms. The van der Waals surface area contributed by atoms with Gasteiger partial charge >= 0.3 is 0 Å². The van der Waals surface area contributed by atoms with Crippen LogP contribution in [0.5, 0.6) is 5.75 Å². The summed E-state index contributed by atoms with van der Waals surface area (Å²) in [5, 5.41) is 4.50. The van der Waals surface area contributed by atoms with Gasteiger partial charge in [-0.1, -0.05) is 88.3 Å². The number of rotatable bonds is 13. The van der Waals surface area contributed by atoms with Crippen LogP contribution in [0.1, 0.15) is 77.2 Å². The summed E-state index contributed by atoms with van der Waals surface area (Å²) in [4.78, 5) is 34.0. The molecular formula is C31H36N4O3S. The van der Waals surface area contributed by atoms with Gasteiger partial charge in [-0.2, -0.15) is 9.50 Å². The van der Waals surface area contributed by atoms with Crippen molar-refractivity contribution in [1.29, 1.82) is 0 Å². The van der Waals surface area contributed by atoms with E-state index in [1.165, 1.54) is 54.4 Å². The maximum absolute atomic E-state index is 13.6. The Hall–Kier alpha value is -3.52. The van der Waals surface area contributed by atoms with Gasteiger partial charge < -0.3 is 9.64 Å². The van der Waals surface area contributed by atoms with Gasteiger partial charge in [-0.25, -0.2) is 0 Å². The molecule has 0 atom stereocenters. The molecule has 2 aromatic carbocycles. The van der Waals surface area contributed by atoms with Crippen molar-refractivity contribution in [2.24, 2.45) is 0 Å². The van der Waals surface area contributed by atoms with Crippen LogP contribution in [0.2, 0.25) is 0 Å². The van der Waals surface area contributed by atoms with Crippen LogP contribution in [0.15, 0.2) is 53.3 Å². The number of carbonyl (C=O) groups is 1. The Morgan fingerprint density at radius 2 is 1.56 bits per heavy atom. The van der Waals surface area contributed by atoms with Gasteiger partial charge in [0.05, 0.1) is 17.9 Å². The lowest BCUT2D eigenvalue weighted by Gasteiger charge is -2.16. The highest BCUT2D eigenvalue weighted by atomic mass is 32.1. The molecule has 4 aromatic rings. The summed E-state index contributed by atoms with van der Waals surface area (Å²) in [5.41, 5.74) is 2.66. The van der Waals surface area contributed by atoms with E-state index in [1.807, 2.05) is 53.4 Å². The number of thiazole rings is 1. The molecule has 0 fully saturated rings. The molecule has 39 heavy (non-hydrogen) atoms. The Labute approximate surface area is 233 Å². The van der Waals surface area contributed by atoms with Crippen LogP contribution in [-0.2, 0) is 4.79 Å². The third-order valence-electron chi connectivity index (χ3n) is 7.17. The van der Waals surface area contributed by atoms with Crippen molar-refractivity contribution in [2.75, 3.05) is 18.1 Å². The maximum atomic E-state index is 13.6. The van der Waals surface area contributed by atoms with Crippen molar-refractivity contribution in [3.8, 4) is 17.1 Å². The smallest absolute Gasteiger partial charge is 0.291 e. The number of hydrogen-bond donors (Lipinski definition) is 0. The van der Waals surface area contributed by atoms with Crippen molar-refractivity contribution in [2.45, 2.75) is 71.6 Å². The minimum atomic E-state index is -0.302. The number of nitrogens with zero attached hydrogens (tertiary/aromatic N) is 4. The van der Waals surface area contributed by atoms with Gasteiger partial charge in [0, 0.05) is 17.7 Å². The Kier molecular flexibility index (Phi) is 8.71. The number of fused-ring (bicyclic) bond motifs is 2. The lowest BCUT2D eigenvalue weighted by molar-refractivity contribution is -0.113. The van der Waals surface area contributed by atoms with Crippen molar-refractivity contribution in [3.05, 3.63) is 69.0 Å². The van der Waals surface area contributed by atoms with E-state index in [2.05, 4.69) is 23.9 Å². The summed E-state index contributed by atoms with van der Waals surface area (Å²) in [6.07, 6.45) is 10.3. The monoisotopic (exact) mass is 544 g/mol. The number of amides is 1. The maximum Gasteiger partial charge on any atom is 0.291 e. The molecule has 1 amide bonds. The van der Waals surface area contributed by atoms with E-state index >= 15 is 0 Å². The van der Waals surface area contributed by atoms with Crippen LogP contribution in [-0.4, -0.2) is 33.7 Å². The lowest BCUT2D eigenvalue weighted by Crippen LogP contribution is -2.33. The molecule has 0 saturated heterocycles. The molecule has 0 bridgehead atoms. The average molecular weight is 545 g/mol. The molecule has 0 radical (unpaired) electrons. The third-order valence-corrected chi connectivity index (χ3v) is 8.20. The number of ether oxygens (including phenoxy) is 1. The second kappa shape index (κ2) is 12.6. The van der Waals surface area contributed by atoms with Gasteiger partial charge in [-0.15, -0.1) is 5.10 Å². The quantitative estimate of drug-likeness (QED) is 0.193. The standard InChI is InChI=1S/C31H36N4O3S/c1-3-5-7-9-12-20-34-25-15-11-10-14-24(25)26(29(34)36)27-30(37)35-31(39-27)32-28(33-35)22-16-18-23(19-17-22)38-21-13-8-6-4-2/h10-11,14-19H,3-9,12-13,20-21H2,1-2H3/b27-26-. The largest absolute Gasteiger partial charge is 0.494 e. The van der Waals surface area contributed by atoms with Gasteiger partial charge in [-0.3, -0.25) is 9.59 Å². The fourth-order valence-electron chi connectivity index (χ4n) is 5.02. The van der Waals surface area contributed by atoms with Crippen LogP contribution in [0.3, 0.4) is 0 Å². The zero-order chi connectivity index (χ0) is 27.2. The summed E-state index contributed by atoms with van der Waals surface area (Å²) >= 11 is 1.23. The molecule has 0 unspecified atom stereocenters. The first-order valence-electron chi connectivity index (χ1n) is 14.2. The fourth-order valence-corrected chi connectivity index (χ4v) is 6.02. The summed E-state index contributed by atoms with van der Waals surface area (Å²) in [7, 11) is 0. The molecule has 1 aliphatic rings. The number of aromatic nitrogens is 3. The first-order chi connectivity index (χ1) is 19.1. The number of benzene rings is 2. The minimum Gasteiger partial charge on any atom is -0.494 e. The van der Waals surface area contributed by atoms with Gasteiger partial charge in [0.2, 0.25) is 4.96 Å². The number of carbonyl (C=O) groups excluding carboxylic acids is 1. The predicted molar refractivity (Wildman–Crippen MR) is 157 cm³/mol. The van der Waals surface area contributed by atoms with Crippen LogP contribution in [0.25, 0.3) is 21.9 Å². The van der Waals surface area contributed by atoms with E-state index < -0.39 is 0 Å². The van der Waals surface area contributed by atoms with Gasteiger partial charge in [-0.05, 0) is 43.2 Å². The highest BCUT2D eigenvalue weighted by Crippen LogP contribution is 2.35. The van der Waals surface area contributed by atoms with E-state index in [0.717, 1.165) is 41.8 Å². The summed E-state index contributed by atoms with van der Waals surface area (Å²) in [5.74, 6) is 1.18. The number of unbranched alkanes of at least 4 members (excludes halogenated alkanes) is 7. The molecule has 3 heterocycles. The first kappa shape index (κ1) is 27.1. The van der Waals surface area contributed by atoms with Crippen molar-refractivity contribution in [3.63, 3.8) is 0 Å². The molecule has 5 rings (SSSR count). The number of para-hydroxylation sites is 1. The lowest BCUT2D eigenvalue weighted by atomic mass is 10.1. The highest BCUT2D eigenvalue weighted by molar-refractivity contribution is 7.15. The van der Waals surface area contributed by atoms with Crippen LogP contribution < -0.4 is 19.7 Å². The zero-order valence-corrected chi connectivity index (χ0v) is 23.6. The van der Waals surface area contributed by atoms with Crippen molar-refractivity contribution < 1.29 is 9.53 Å². The minimum absolute atomic E-state index is 0.112. The van der Waals surface area contributed by atoms with Gasteiger partial charge in [0.25, 0.3) is 11.5 Å². The Balaban J connectivity index is 1.38. The molecule has 0 saturated carbocycles. The summed E-state index contributed by atoms with van der Waals surface area (Å²) in [6.45, 7) is 5.75. The first-order valence-corrected chi connectivity index (χ1v) is 15.0.